The van der Waals surface area contributed by atoms with Crippen LogP contribution in [-0.2, 0) is 6.18 Å². The van der Waals surface area contributed by atoms with Gasteiger partial charge in [0.1, 0.15) is 6.33 Å². The molecule has 3 nitrogen and oxygen atoms in total. The molecule has 0 N–H and O–H groups in total. The highest BCUT2D eigenvalue weighted by Crippen LogP contribution is 2.30. The van der Waals surface area contributed by atoms with Gasteiger partial charge in [-0.25, -0.2) is 9.67 Å². The van der Waals surface area contributed by atoms with Crippen LogP contribution < -0.4 is 0 Å². The zero-order chi connectivity index (χ0) is 13.3. The molecule has 1 atom stereocenters. The predicted molar refractivity (Wildman–Crippen MR) is 60.3 cm³/mol. The smallest absolute Gasteiger partial charge is 0.229 e. The molecule has 2 rings (SSSR count). The van der Waals surface area contributed by atoms with Gasteiger partial charge in [-0.3, -0.25) is 0 Å². The van der Waals surface area contributed by atoms with Crippen molar-refractivity contribution in [2.75, 3.05) is 0 Å². The molecule has 1 heterocycles. The third-order valence-corrected chi connectivity index (χ3v) is 2.89. The fourth-order valence-electron chi connectivity index (χ4n) is 1.59. The molecule has 0 aliphatic heterocycles. The van der Waals surface area contributed by atoms with E-state index in [0.717, 1.165) is 12.1 Å². The van der Waals surface area contributed by atoms with E-state index in [1.54, 1.807) is 6.92 Å². The first-order valence-corrected chi connectivity index (χ1v) is 5.49. The minimum absolute atomic E-state index is 0.197. The molecule has 0 spiro atoms. The van der Waals surface area contributed by atoms with E-state index in [1.807, 2.05) is 0 Å². The zero-order valence-corrected chi connectivity index (χ0v) is 10.1. The fraction of sp³-hybridized carbons (Fsp3) is 0.273. The van der Waals surface area contributed by atoms with Gasteiger partial charge < -0.3 is 0 Å². The summed E-state index contributed by atoms with van der Waals surface area (Å²) < 4.78 is 38.7. The maximum absolute atomic E-state index is 12.4. The normalized spacial score (nSPS) is 13.6. The summed E-state index contributed by atoms with van der Waals surface area (Å²) in [4.78, 5) is 3.76. The average Bonchev–Trinajstić information content (AvgIpc) is 2.73. The maximum atomic E-state index is 12.4. The molecule has 0 aliphatic carbocycles. The molecule has 0 saturated heterocycles. The van der Waals surface area contributed by atoms with Crippen molar-refractivity contribution >= 4 is 11.6 Å². The average molecular weight is 276 g/mol. The number of aromatic nitrogens is 3. The Labute approximate surface area is 106 Å². The quantitative estimate of drug-likeness (QED) is 0.839. The van der Waals surface area contributed by atoms with E-state index in [1.165, 1.54) is 23.1 Å². The van der Waals surface area contributed by atoms with Gasteiger partial charge in [0.2, 0.25) is 5.28 Å². The molecular formula is C11H9ClF3N3. The lowest BCUT2D eigenvalue weighted by Crippen LogP contribution is -2.10. The second-order valence-electron chi connectivity index (χ2n) is 3.77. The van der Waals surface area contributed by atoms with Crippen molar-refractivity contribution in [3.63, 3.8) is 0 Å². The zero-order valence-electron chi connectivity index (χ0n) is 9.32. The Morgan fingerprint density at radius 3 is 2.28 bits per heavy atom. The molecule has 0 fully saturated rings. The van der Waals surface area contributed by atoms with Gasteiger partial charge in [0, 0.05) is 0 Å². The standard InChI is InChI=1S/C11H9ClF3N3/c1-7(18-10(12)16-6-17-18)8-2-4-9(5-3-8)11(13,14)15/h2-7H,1H3. The maximum Gasteiger partial charge on any atom is 0.416 e. The van der Waals surface area contributed by atoms with Crippen molar-refractivity contribution in [3.05, 3.63) is 47.0 Å². The van der Waals surface area contributed by atoms with Crippen LogP contribution in [0.3, 0.4) is 0 Å². The van der Waals surface area contributed by atoms with Crippen LogP contribution in [0, 0.1) is 0 Å². The molecule has 0 radical (unpaired) electrons. The van der Waals surface area contributed by atoms with Crippen LogP contribution in [0.4, 0.5) is 13.2 Å². The largest absolute Gasteiger partial charge is 0.416 e. The minimum atomic E-state index is -4.33. The van der Waals surface area contributed by atoms with Crippen LogP contribution in [0.25, 0.3) is 0 Å². The monoisotopic (exact) mass is 275 g/mol. The van der Waals surface area contributed by atoms with Crippen molar-refractivity contribution in [2.24, 2.45) is 0 Å². The topological polar surface area (TPSA) is 30.7 Å². The second-order valence-corrected chi connectivity index (χ2v) is 4.11. The molecular weight excluding hydrogens is 267 g/mol. The van der Waals surface area contributed by atoms with Crippen molar-refractivity contribution in [1.82, 2.24) is 14.8 Å². The lowest BCUT2D eigenvalue weighted by atomic mass is 10.1. The summed E-state index contributed by atoms with van der Waals surface area (Å²) in [7, 11) is 0. The molecule has 1 unspecified atom stereocenters. The van der Waals surface area contributed by atoms with Crippen LogP contribution in [0.1, 0.15) is 24.1 Å². The van der Waals surface area contributed by atoms with Crippen molar-refractivity contribution in [3.8, 4) is 0 Å². The highest BCUT2D eigenvalue weighted by Gasteiger charge is 2.30. The van der Waals surface area contributed by atoms with Gasteiger partial charge in [-0.1, -0.05) is 12.1 Å². The molecule has 18 heavy (non-hydrogen) atoms. The Hall–Kier alpha value is -1.56. The second kappa shape index (κ2) is 4.61. The summed E-state index contributed by atoms with van der Waals surface area (Å²) in [6, 6.07) is 4.62. The van der Waals surface area contributed by atoms with Crippen molar-refractivity contribution in [1.29, 1.82) is 0 Å². The van der Waals surface area contributed by atoms with Gasteiger partial charge in [0.25, 0.3) is 0 Å². The summed E-state index contributed by atoms with van der Waals surface area (Å²) in [5, 5.41) is 4.11. The van der Waals surface area contributed by atoms with E-state index in [0.29, 0.717) is 5.56 Å². The number of rotatable bonds is 2. The van der Waals surface area contributed by atoms with Crippen LogP contribution in [0.2, 0.25) is 5.28 Å². The first-order chi connectivity index (χ1) is 8.39. The number of alkyl halides is 3. The van der Waals surface area contributed by atoms with E-state index >= 15 is 0 Å². The lowest BCUT2D eigenvalue weighted by molar-refractivity contribution is -0.137. The van der Waals surface area contributed by atoms with Gasteiger partial charge in [0.05, 0.1) is 11.6 Å². The number of halogens is 4. The third-order valence-electron chi connectivity index (χ3n) is 2.62. The molecule has 0 saturated carbocycles. The van der Waals surface area contributed by atoms with Crippen LogP contribution in [-0.4, -0.2) is 14.8 Å². The molecule has 1 aromatic carbocycles. The van der Waals surface area contributed by atoms with E-state index in [4.69, 9.17) is 11.6 Å². The highest BCUT2D eigenvalue weighted by atomic mass is 35.5. The Bertz CT molecular complexity index is 533. The summed E-state index contributed by atoms with van der Waals surface area (Å²) in [6.45, 7) is 1.78. The molecule has 2 aromatic rings. The number of hydrogen-bond donors (Lipinski definition) is 0. The first-order valence-electron chi connectivity index (χ1n) is 5.12. The van der Waals surface area contributed by atoms with E-state index in [9.17, 15) is 13.2 Å². The van der Waals surface area contributed by atoms with E-state index in [-0.39, 0.29) is 11.3 Å². The van der Waals surface area contributed by atoms with Crippen LogP contribution >= 0.6 is 11.6 Å². The number of benzene rings is 1. The first kappa shape index (κ1) is 12.9. The Kier molecular flexibility index (Phi) is 3.30. The SMILES string of the molecule is CC(c1ccc(C(F)(F)F)cc1)n1ncnc1Cl. The van der Waals surface area contributed by atoms with Gasteiger partial charge in [-0.2, -0.15) is 18.3 Å². The molecule has 0 amide bonds. The summed E-state index contributed by atoms with van der Waals surface area (Å²) in [5.74, 6) is 0. The highest BCUT2D eigenvalue weighted by molar-refractivity contribution is 6.28. The van der Waals surface area contributed by atoms with E-state index < -0.39 is 11.7 Å². The van der Waals surface area contributed by atoms with E-state index in [2.05, 4.69) is 10.1 Å². The molecule has 0 aliphatic rings. The van der Waals surface area contributed by atoms with Gasteiger partial charge in [-0.05, 0) is 36.2 Å². The Morgan fingerprint density at radius 2 is 1.83 bits per heavy atom. The van der Waals surface area contributed by atoms with Gasteiger partial charge in [-0.15, -0.1) is 0 Å². The van der Waals surface area contributed by atoms with Crippen LogP contribution in [0.15, 0.2) is 30.6 Å². The third kappa shape index (κ3) is 2.48. The summed E-state index contributed by atoms with van der Waals surface area (Å²) in [6.07, 6.45) is -3.03. The summed E-state index contributed by atoms with van der Waals surface area (Å²) in [5.41, 5.74) is -0.00135. The summed E-state index contributed by atoms with van der Waals surface area (Å²) >= 11 is 5.80. The van der Waals surface area contributed by atoms with Crippen molar-refractivity contribution < 1.29 is 13.2 Å². The molecule has 1 aromatic heterocycles. The molecule has 7 heteroatoms. The molecule has 96 valence electrons. The minimum Gasteiger partial charge on any atom is -0.229 e. The lowest BCUT2D eigenvalue weighted by Gasteiger charge is -2.14. The van der Waals surface area contributed by atoms with Crippen molar-refractivity contribution in [2.45, 2.75) is 19.1 Å². The van der Waals surface area contributed by atoms with Gasteiger partial charge >= 0.3 is 6.18 Å². The fourth-order valence-corrected chi connectivity index (χ4v) is 1.82. The predicted octanol–water partition coefficient (Wildman–Crippen LogP) is 3.56. The Balaban J connectivity index is 2.28. The number of nitrogens with zero attached hydrogens (tertiary/aromatic N) is 3. The molecule has 0 bridgehead atoms. The van der Waals surface area contributed by atoms with Gasteiger partial charge in [0.15, 0.2) is 0 Å². The number of hydrogen-bond acceptors (Lipinski definition) is 2. The van der Waals surface area contributed by atoms with Crippen LogP contribution in [0.5, 0.6) is 0 Å². The Morgan fingerprint density at radius 1 is 1.22 bits per heavy atom.